The fourth-order valence-corrected chi connectivity index (χ4v) is 4.75. The zero-order valence-corrected chi connectivity index (χ0v) is 27.0. The molecular weight excluding hydrogens is 797 g/mol. The summed E-state index contributed by atoms with van der Waals surface area (Å²) in [5, 5.41) is 0.799. The standard InChI is InChI=1S/C13H8BrClF3NO.C8H6BrF3.C5H3BrClNO/c1-6(7-2-10(16)12(18)11(17)3-7)19-5-8(15)4-9(14)13(19)20;1-4(9)5-2-6(10)8(12)7(11)3-5;6-4-1-3(7)2-8-5(4)9/h2-6H,1H3;2-4H,1H3;1-2H,(H,8,9). The van der Waals surface area contributed by atoms with Gasteiger partial charge in [0.1, 0.15) is 0 Å². The van der Waals surface area contributed by atoms with Crippen LogP contribution < -0.4 is 11.1 Å². The Morgan fingerprint density at radius 1 is 0.732 bits per heavy atom. The van der Waals surface area contributed by atoms with E-state index in [1.807, 2.05) is 0 Å². The second-order valence-electron chi connectivity index (χ2n) is 8.10. The number of pyridine rings is 2. The number of benzene rings is 2. The first-order chi connectivity index (χ1) is 19.0. The van der Waals surface area contributed by atoms with E-state index >= 15 is 0 Å². The van der Waals surface area contributed by atoms with Crippen molar-refractivity contribution in [3.8, 4) is 0 Å². The summed E-state index contributed by atoms with van der Waals surface area (Å²) in [4.78, 5) is 24.8. The molecule has 2 heterocycles. The molecule has 0 aliphatic rings. The lowest BCUT2D eigenvalue weighted by Crippen LogP contribution is -2.24. The summed E-state index contributed by atoms with van der Waals surface area (Å²) >= 11 is 20.6. The van der Waals surface area contributed by atoms with Gasteiger partial charge in [-0.3, -0.25) is 9.59 Å². The molecule has 2 atom stereocenters. The van der Waals surface area contributed by atoms with Gasteiger partial charge < -0.3 is 9.55 Å². The maximum atomic E-state index is 13.2. The van der Waals surface area contributed by atoms with Gasteiger partial charge in [-0.25, -0.2) is 26.3 Å². The van der Waals surface area contributed by atoms with Crippen molar-refractivity contribution in [1.82, 2.24) is 9.55 Å². The van der Waals surface area contributed by atoms with Crippen molar-refractivity contribution in [2.24, 2.45) is 0 Å². The van der Waals surface area contributed by atoms with Crippen molar-refractivity contribution in [2.75, 3.05) is 0 Å². The minimum absolute atomic E-state index is 0.123. The Morgan fingerprint density at radius 3 is 1.59 bits per heavy atom. The van der Waals surface area contributed by atoms with E-state index in [-0.39, 0.29) is 25.4 Å². The normalized spacial score (nSPS) is 12.0. The van der Waals surface area contributed by atoms with Crippen LogP contribution in [0, 0.1) is 34.9 Å². The van der Waals surface area contributed by atoms with Crippen LogP contribution in [0.15, 0.2) is 67.3 Å². The quantitative estimate of drug-likeness (QED) is 0.127. The van der Waals surface area contributed by atoms with Crippen molar-refractivity contribution >= 4 is 71.0 Å². The molecule has 220 valence electrons. The molecule has 0 radical (unpaired) electrons. The number of hydrogen-bond donors (Lipinski definition) is 1. The average Bonchev–Trinajstić information content (AvgIpc) is 2.90. The molecular formula is C26H17Br3Cl2F6N2O2. The lowest BCUT2D eigenvalue weighted by Gasteiger charge is -2.17. The number of halogens is 11. The minimum Gasteiger partial charge on any atom is -0.327 e. The van der Waals surface area contributed by atoms with Crippen molar-refractivity contribution < 1.29 is 26.3 Å². The highest BCUT2D eigenvalue weighted by Crippen LogP contribution is 2.25. The number of H-pyrrole nitrogens is 1. The second kappa shape index (κ2) is 15.4. The zero-order valence-electron chi connectivity index (χ0n) is 20.7. The van der Waals surface area contributed by atoms with E-state index in [2.05, 4.69) is 52.8 Å². The first kappa shape index (κ1) is 35.1. The van der Waals surface area contributed by atoms with Crippen LogP contribution in [-0.4, -0.2) is 9.55 Å². The second-order valence-corrected chi connectivity index (χ2v) is 12.1. The Morgan fingerprint density at radius 2 is 1.17 bits per heavy atom. The number of alkyl halides is 1. The minimum atomic E-state index is -1.54. The maximum absolute atomic E-state index is 13.2. The smallest absolute Gasteiger partial charge is 0.265 e. The molecule has 2 aromatic heterocycles. The number of nitrogens with zero attached hydrogens (tertiary/aromatic N) is 1. The van der Waals surface area contributed by atoms with Crippen LogP contribution in [0.2, 0.25) is 10.0 Å². The molecule has 0 aliphatic heterocycles. The highest BCUT2D eigenvalue weighted by atomic mass is 79.9. The zero-order chi connectivity index (χ0) is 31.2. The molecule has 1 N–H and O–H groups in total. The molecule has 0 amide bonds. The first-order valence-corrected chi connectivity index (χ1v) is 14.3. The van der Waals surface area contributed by atoms with Crippen LogP contribution in [0.4, 0.5) is 26.3 Å². The van der Waals surface area contributed by atoms with Crippen LogP contribution in [0.3, 0.4) is 0 Å². The molecule has 15 heteroatoms. The van der Waals surface area contributed by atoms with E-state index < -0.39 is 46.5 Å². The number of aromatic nitrogens is 2. The fraction of sp³-hybridized carbons (Fsp3) is 0.154. The third-order valence-corrected chi connectivity index (χ3v) is 7.27. The van der Waals surface area contributed by atoms with Gasteiger partial charge in [0.25, 0.3) is 11.1 Å². The first-order valence-electron chi connectivity index (χ1n) is 11.1. The summed E-state index contributed by atoms with van der Waals surface area (Å²) in [6.45, 7) is 3.25. The third-order valence-electron chi connectivity index (χ3n) is 5.16. The number of aromatic amines is 1. The maximum Gasteiger partial charge on any atom is 0.265 e. The molecule has 0 aliphatic carbocycles. The monoisotopic (exact) mass is 810 g/mol. The molecule has 4 rings (SSSR count). The van der Waals surface area contributed by atoms with Crippen molar-refractivity contribution in [3.05, 3.63) is 135 Å². The SMILES string of the molecule is CC(Br)c1cc(F)c(F)c(F)c1.CC(c1cc(F)c(F)c(F)c1)n1cc(Cl)cc(Br)c1=O.O=c1[nH]cc(Cl)cc1Br. The van der Waals surface area contributed by atoms with E-state index in [1.165, 1.54) is 23.0 Å². The molecule has 4 aromatic rings. The van der Waals surface area contributed by atoms with E-state index in [0.29, 0.717) is 15.1 Å². The van der Waals surface area contributed by atoms with Crippen LogP contribution in [0.25, 0.3) is 0 Å². The summed E-state index contributed by atoms with van der Waals surface area (Å²) in [6.07, 6.45) is 2.78. The molecule has 0 saturated carbocycles. The van der Waals surface area contributed by atoms with Gasteiger partial charge in [-0.2, -0.15) is 0 Å². The third kappa shape index (κ3) is 9.74. The van der Waals surface area contributed by atoms with E-state index in [9.17, 15) is 35.9 Å². The molecule has 2 aromatic carbocycles. The predicted octanol–water partition coefficient (Wildman–Crippen LogP) is 9.64. The summed E-state index contributed by atoms with van der Waals surface area (Å²) in [5.74, 6) is -7.89. The molecule has 0 bridgehead atoms. The Balaban J connectivity index is 0.000000237. The molecule has 41 heavy (non-hydrogen) atoms. The van der Waals surface area contributed by atoms with Gasteiger partial charge in [-0.05, 0) is 93.2 Å². The molecule has 0 saturated heterocycles. The van der Waals surface area contributed by atoms with E-state index in [1.54, 1.807) is 19.9 Å². The van der Waals surface area contributed by atoms with E-state index in [4.69, 9.17) is 23.2 Å². The Kier molecular flexibility index (Phi) is 13.2. The summed E-state index contributed by atoms with van der Waals surface area (Å²) in [7, 11) is 0. The average molecular weight is 814 g/mol. The van der Waals surface area contributed by atoms with Crippen molar-refractivity contribution in [3.63, 3.8) is 0 Å². The Bertz CT molecular complexity index is 1620. The molecule has 0 fully saturated rings. The number of nitrogens with one attached hydrogen (secondary N) is 1. The van der Waals surface area contributed by atoms with Gasteiger partial charge in [0.15, 0.2) is 34.9 Å². The predicted molar refractivity (Wildman–Crippen MR) is 157 cm³/mol. The van der Waals surface area contributed by atoms with Gasteiger partial charge in [0, 0.05) is 17.2 Å². The molecule has 0 spiro atoms. The molecule has 2 unspecified atom stereocenters. The summed E-state index contributed by atoms with van der Waals surface area (Å²) in [6, 6.07) is 5.89. The topological polar surface area (TPSA) is 54.9 Å². The fourth-order valence-electron chi connectivity index (χ4n) is 3.04. The van der Waals surface area contributed by atoms with Gasteiger partial charge in [-0.15, -0.1) is 0 Å². The van der Waals surface area contributed by atoms with Crippen LogP contribution in [0.5, 0.6) is 0 Å². The summed E-state index contributed by atoms with van der Waals surface area (Å²) in [5.41, 5.74) is -0.0736. The Labute approximate surface area is 264 Å². The lowest BCUT2D eigenvalue weighted by molar-refractivity contribution is 0.442. The van der Waals surface area contributed by atoms with Crippen LogP contribution >= 0.6 is 71.0 Å². The largest absolute Gasteiger partial charge is 0.327 e. The van der Waals surface area contributed by atoms with Gasteiger partial charge in [-0.1, -0.05) is 39.1 Å². The Hall–Kier alpha value is -2.06. The van der Waals surface area contributed by atoms with Crippen LogP contribution in [0.1, 0.15) is 35.8 Å². The highest BCUT2D eigenvalue weighted by molar-refractivity contribution is 9.10. The van der Waals surface area contributed by atoms with E-state index in [0.717, 1.165) is 24.3 Å². The van der Waals surface area contributed by atoms with Crippen molar-refractivity contribution in [2.45, 2.75) is 24.7 Å². The van der Waals surface area contributed by atoms with Gasteiger partial charge in [0.2, 0.25) is 0 Å². The summed E-state index contributed by atoms with van der Waals surface area (Å²) < 4.78 is 78.8. The van der Waals surface area contributed by atoms with Crippen molar-refractivity contribution in [1.29, 1.82) is 0 Å². The van der Waals surface area contributed by atoms with Gasteiger partial charge >= 0.3 is 0 Å². The van der Waals surface area contributed by atoms with Gasteiger partial charge in [0.05, 0.1) is 25.0 Å². The lowest BCUT2D eigenvalue weighted by atomic mass is 10.1. The number of hydrogen-bond acceptors (Lipinski definition) is 2. The molecule has 4 nitrogen and oxygen atoms in total. The highest BCUT2D eigenvalue weighted by Gasteiger charge is 2.17. The van der Waals surface area contributed by atoms with Crippen LogP contribution in [-0.2, 0) is 0 Å². The number of rotatable bonds is 3.